The molecular weight excluding hydrogens is 308 g/mol. The van der Waals surface area contributed by atoms with Gasteiger partial charge in [0.1, 0.15) is 11.3 Å². The van der Waals surface area contributed by atoms with Crippen LogP contribution in [0.5, 0.6) is 5.75 Å². The van der Waals surface area contributed by atoms with Crippen LogP contribution in [0.3, 0.4) is 0 Å². The number of benzene rings is 2. The summed E-state index contributed by atoms with van der Waals surface area (Å²) in [6, 6.07) is 12.9. The quantitative estimate of drug-likeness (QED) is 0.763. The molecule has 0 aliphatic heterocycles. The SMILES string of the molecule is O=c1[nH]c2c(O)cccc2n1Cc1cccc(Br)c1. The van der Waals surface area contributed by atoms with E-state index in [0.29, 0.717) is 17.6 Å². The Morgan fingerprint density at radius 1 is 1.21 bits per heavy atom. The number of aromatic hydroxyl groups is 1. The lowest BCUT2D eigenvalue weighted by Crippen LogP contribution is -2.17. The molecule has 4 nitrogen and oxygen atoms in total. The number of halogens is 1. The Hall–Kier alpha value is -2.01. The van der Waals surface area contributed by atoms with Crippen molar-refractivity contribution in [3.8, 4) is 5.75 Å². The van der Waals surface area contributed by atoms with E-state index in [2.05, 4.69) is 20.9 Å². The van der Waals surface area contributed by atoms with Crippen molar-refractivity contribution in [1.82, 2.24) is 9.55 Å². The van der Waals surface area contributed by atoms with Crippen LogP contribution < -0.4 is 5.69 Å². The van der Waals surface area contributed by atoms with Gasteiger partial charge in [0.2, 0.25) is 0 Å². The second-order valence-corrected chi connectivity index (χ2v) is 5.23. The highest BCUT2D eigenvalue weighted by Crippen LogP contribution is 2.21. The number of aromatic amines is 1. The molecular formula is C14H11BrN2O2. The molecule has 1 heterocycles. The molecule has 0 fully saturated rings. The highest BCUT2D eigenvalue weighted by Gasteiger charge is 2.09. The second-order valence-electron chi connectivity index (χ2n) is 4.32. The molecule has 0 bridgehead atoms. The molecule has 1 aromatic heterocycles. The summed E-state index contributed by atoms with van der Waals surface area (Å²) in [5, 5.41) is 9.73. The molecule has 0 aliphatic carbocycles. The Kier molecular flexibility index (Phi) is 2.91. The molecule has 2 aromatic carbocycles. The number of aromatic nitrogens is 2. The highest BCUT2D eigenvalue weighted by molar-refractivity contribution is 9.10. The molecule has 3 aromatic rings. The number of hydrogen-bond acceptors (Lipinski definition) is 2. The third kappa shape index (κ3) is 2.17. The lowest BCUT2D eigenvalue weighted by Gasteiger charge is -2.04. The minimum Gasteiger partial charge on any atom is -0.506 e. The summed E-state index contributed by atoms with van der Waals surface area (Å²) in [4.78, 5) is 14.6. The second kappa shape index (κ2) is 4.59. The molecule has 0 amide bonds. The standard InChI is InChI=1S/C14H11BrN2O2/c15-10-4-1-3-9(7-10)8-17-11-5-2-6-12(18)13(11)16-14(17)19/h1-7,18H,8H2,(H,16,19). The van der Waals surface area contributed by atoms with Crippen LogP contribution in [0.4, 0.5) is 0 Å². The molecule has 0 unspecified atom stereocenters. The summed E-state index contributed by atoms with van der Waals surface area (Å²) in [6.07, 6.45) is 0. The van der Waals surface area contributed by atoms with Crippen molar-refractivity contribution in [3.63, 3.8) is 0 Å². The Labute approximate surface area is 117 Å². The largest absolute Gasteiger partial charge is 0.506 e. The molecule has 0 aliphatic rings. The summed E-state index contributed by atoms with van der Waals surface area (Å²) in [7, 11) is 0. The van der Waals surface area contributed by atoms with E-state index in [1.54, 1.807) is 16.7 Å². The topological polar surface area (TPSA) is 58.0 Å². The van der Waals surface area contributed by atoms with Crippen molar-refractivity contribution >= 4 is 27.0 Å². The van der Waals surface area contributed by atoms with Gasteiger partial charge in [-0.05, 0) is 29.8 Å². The molecule has 19 heavy (non-hydrogen) atoms. The number of rotatable bonds is 2. The Bertz CT molecular complexity index is 805. The van der Waals surface area contributed by atoms with Gasteiger partial charge in [-0.25, -0.2) is 4.79 Å². The summed E-state index contributed by atoms with van der Waals surface area (Å²) in [6.45, 7) is 0.460. The van der Waals surface area contributed by atoms with E-state index in [1.807, 2.05) is 30.3 Å². The number of hydrogen-bond donors (Lipinski definition) is 2. The average molecular weight is 319 g/mol. The van der Waals surface area contributed by atoms with Crippen LogP contribution in [-0.2, 0) is 6.54 Å². The molecule has 0 saturated carbocycles. The molecule has 5 heteroatoms. The molecule has 3 rings (SSSR count). The van der Waals surface area contributed by atoms with Crippen LogP contribution in [0.15, 0.2) is 51.7 Å². The summed E-state index contributed by atoms with van der Waals surface area (Å²) < 4.78 is 2.58. The van der Waals surface area contributed by atoms with Crippen molar-refractivity contribution in [2.75, 3.05) is 0 Å². The monoisotopic (exact) mass is 318 g/mol. The number of H-pyrrole nitrogens is 1. The Morgan fingerprint density at radius 2 is 2.00 bits per heavy atom. The molecule has 96 valence electrons. The van der Waals surface area contributed by atoms with E-state index in [9.17, 15) is 9.90 Å². The first-order chi connectivity index (χ1) is 9.15. The third-order valence-electron chi connectivity index (χ3n) is 3.02. The van der Waals surface area contributed by atoms with Gasteiger partial charge in [0.05, 0.1) is 12.1 Å². The fraction of sp³-hybridized carbons (Fsp3) is 0.0714. The molecule has 0 atom stereocenters. The maximum absolute atomic E-state index is 12.0. The zero-order chi connectivity index (χ0) is 13.4. The minimum atomic E-state index is -0.225. The predicted octanol–water partition coefficient (Wildman–Crippen LogP) is 2.85. The fourth-order valence-electron chi connectivity index (χ4n) is 2.14. The van der Waals surface area contributed by atoms with Crippen molar-refractivity contribution in [2.45, 2.75) is 6.54 Å². The number of para-hydroxylation sites is 1. The Morgan fingerprint density at radius 3 is 2.79 bits per heavy atom. The smallest absolute Gasteiger partial charge is 0.326 e. The number of fused-ring (bicyclic) bond motifs is 1. The number of nitrogens with zero attached hydrogens (tertiary/aromatic N) is 1. The summed E-state index contributed by atoms with van der Waals surface area (Å²) in [5.74, 6) is 0.0857. The lowest BCUT2D eigenvalue weighted by molar-refractivity contribution is 0.480. The zero-order valence-electron chi connectivity index (χ0n) is 9.93. The van der Waals surface area contributed by atoms with Crippen LogP contribution >= 0.6 is 15.9 Å². The van der Waals surface area contributed by atoms with Gasteiger partial charge >= 0.3 is 5.69 Å². The first kappa shape index (κ1) is 12.0. The van der Waals surface area contributed by atoms with E-state index >= 15 is 0 Å². The van der Waals surface area contributed by atoms with Crippen LogP contribution in [-0.4, -0.2) is 14.7 Å². The summed E-state index contributed by atoms with van der Waals surface area (Å²) in [5.41, 5.74) is 1.96. The van der Waals surface area contributed by atoms with Crippen molar-refractivity contribution < 1.29 is 5.11 Å². The first-order valence-electron chi connectivity index (χ1n) is 5.80. The predicted molar refractivity (Wildman–Crippen MR) is 77.5 cm³/mol. The van der Waals surface area contributed by atoms with E-state index in [0.717, 1.165) is 10.0 Å². The van der Waals surface area contributed by atoms with E-state index in [4.69, 9.17) is 0 Å². The van der Waals surface area contributed by atoms with Crippen molar-refractivity contribution in [3.05, 3.63) is 63.0 Å². The van der Waals surface area contributed by atoms with Crippen LogP contribution in [0.25, 0.3) is 11.0 Å². The van der Waals surface area contributed by atoms with E-state index in [-0.39, 0.29) is 11.4 Å². The van der Waals surface area contributed by atoms with Gasteiger partial charge in [-0.1, -0.05) is 34.1 Å². The van der Waals surface area contributed by atoms with Crippen LogP contribution in [0.2, 0.25) is 0 Å². The van der Waals surface area contributed by atoms with Gasteiger partial charge in [0.25, 0.3) is 0 Å². The minimum absolute atomic E-state index is 0.0857. The Balaban J connectivity index is 2.13. The summed E-state index contributed by atoms with van der Waals surface area (Å²) >= 11 is 3.41. The number of phenols is 1. The van der Waals surface area contributed by atoms with Gasteiger partial charge in [-0.15, -0.1) is 0 Å². The fourth-order valence-corrected chi connectivity index (χ4v) is 2.59. The number of phenolic OH excluding ortho intramolecular Hbond substituents is 1. The molecule has 2 N–H and O–H groups in total. The average Bonchev–Trinajstić information content (AvgIpc) is 2.69. The maximum atomic E-state index is 12.0. The normalized spacial score (nSPS) is 11.0. The third-order valence-corrected chi connectivity index (χ3v) is 3.51. The van der Waals surface area contributed by atoms with Crippen LogP contribution in [0.1, 0.15) is 5.56 Å². The number of imidazole rings is 1. The van der Waals surface area contributed by atoms with Crippen LogP contribution in [0, 0.1) is 0 Å². The van der Waals surface area contributed by atoms with Gasteiger partial charge in [0.15, 0.2) is 0 Å². The lowest BCUT2D eigenvalue weighted by atomic mass is 10.2. The van der Waals surface area contributed by atoms with Crippen molar-refractivity contribution in [1.29, 1.82) is 0 Å². The van der Waals surface area contributed by atoms with Gasteiger partial charge in [-0.3, -0.25) is 4.57 Å². The first-order valence-corrected chi connectivity index (χ1v) is 6.59. The van der Waals surface area contributed by atoms with E-state index in [1.165, 1.54) is 0 Å². The molecule has 0 saturated heterocycles. The van der Waals surface area contributed by atoms with E-state index < -0.39 is 0 Å². The number of nitrogens with one attached hydrogen (secondary N) is 1. The molecule has 0 radical (unpaired) electrons. The van der Waals surface area contributed by atoms with Gasteiger partial charge < -0.3 is 10.1 Å². The molecule has 0 spiro atoms. The maximum Gasteiger partial charge on any atom is 0.326 e. The zero-order valence-corrected chi connectivity index (χ0v) is 11.5. The van der Waals surface area contributed by atoms with Gasteiger partial charge in [0, 0.05) is 4.47 Å². The van der Waals surface area contributed by atoms with Gasteiger partial charge in [-0.2, -0.15) is 0 Å². The highest BCUT2D eigenvalue weighted by atomic mass is 79.9. The van der Waals surface area contributed by atoms with Crippen molar-refractivity contribution in [2.24, 2.45) is 0 Å².